The quantitative estimate of drug-likeness (QED) is 0.506. The fourth-order valence-corrected chi connectivity index (χ4v) is 4.76. The zero-order valence-corrected chi connectivity index (χ0v) is 19.1. The molecule has 0 radical (unpaired) electrons. The minimum Gasteiger partial charge on any atom is -0.506 e. The minimum absolute atomic E-state index is 0.00917. The fourth-order valence-electron chi connectivity index (χ4n) is 4.76. The largest absolute Gasteiger partial charge is 0.506 e. The van der Waals surface area contributed by atoms with E-state index in [0.29, 0.717) is 49.1 Å². The molecule has 2 fully saturated rings. The summed E-state index contributed by atoms with van der Waals surface area (Å²) in [6.07, 6.45) is 3.93. The van der Waals surface area contributed by atoms with Crippen molar-refractivity contribution in [1.82, 2.24) is 24.6 Å². The highest BCUT2D eigenvalue weighted by Crippen LogP contribution is 2.41. The molecule has 1 amide bonds. The molecule has 172 valence electrons. The van der Waals surface area contributed by atoms with Gasteiger partial charge in [-0.2, -0.15) is 9.78 Å². The molecule has 0 atom stereocenters. The molecule has 0 spiro atoms. The first-order chi connectivity index (χ1) is 16.6. The van der Waals surface area contributed by atoms with Crippen LogP contribution >= 0.6 is 0 Å². The summed E-state index contributed by atoms with van der Waals surface area (Å²) in [7, 11) is 0. The summed E-state index contributed by atoms with van der Waals surface area (Å²) in [4.78, 5) is 27.2. The highest BCUT2D eigenvalue weighted by molar-refractivity contribution is 6.07. The van der Waals surface area contributed by atoms with Crippen LogP contribution in [0.25, 0.3) is 16.9 Å². The van der Waals surface area contributed by atoms with E-state index >= 15 is 0 Å². The zero-order valence-electron chi connectivity index (χ0n) is 19.1. The third-order valence-corrected chi connectivity index (χ3v) is 6.71. The first-order valence-corrected chi connectivity index (χ1v) is 11.7. The number of para-hydroxylation sites is 2. The SMILES string of the molecule is Cc1nn(-c2ccccn2)c2nc(C3CC3)cc(C(=O)N3CCN(c4ccccc4O)CC3)c12. The lowest BCUT2D eigenvalue weighted by molar-refractivity contribution is 0.0748. The van der Waals surface area contributed by atoms with Gasteiger partial charge in [0.25, 0.3) is 5.91 Å². The Labute approximate surface area is 197 Å². The molecule has 1 aliphatic carbocycles. The molecule has 1 N–H and O–H groups in total. The monoisotopic (exact) mass is 454 g/mol. The summed E-state index contributed by atoms with van der Waals surface area (Å²) in [5, 5.41) is 15.7. The van der Waals surface area contributed by atoms with Crippen molar-refractivity contribution in [2.24, 2.45) is 0 Å². The van der Waals surface area contributed by atoms with Gasteiger partial charge in [0.15, 0.2) is 11.5 Å². The number of pyridine rings is 2. The number of nitrogens with zero attached hydrogens (tertiary/aromatic N) is 6. The number of aryl methyl sites for hydroxylation is 1. The topological polar surface area (TPSA) is 87.4 Å². The Balaban J connectivity index is 1.35. The van der Waals surface area contributed by atoms with Gasteiger partial charge < -0.3 is 14.9 Å². The van der Waals surface area contributed by atoms with E-state index in [9.17, 15) is 9.90 Å². The predicted octanol–water partition coefficient (Wildman–Crippen LogP) is 3.67. The normalized spacial score (nSPS) is 16.3. The van der Waals surface area contributed by atoms with Crippen LogP contribution in [0.3, 0.4) is 0 Å². The Bertz CT molecular complexity index is 1370. The molecular formula is C26H26N6O2. The molecule has 1 saturated carbocycles. The van der Waals surface area contributed by atoms with E-state index in [0.717, 1.165) is 35.3 Å². The number of benzene rings is 1. The zero-order chi connectivity index (χ0) is 23.2. The number of rotatable bonds is 4. The van der Waals surface area contributed by atoms with E-state index < -0.39 is 0 Å². The van der Waals surface area contributed by atoms with Crippen LogP contribution in [0.4, 0.5) is 5.69 Å². The highest BCUT2D eigenvalue weighted by atomic mass is 16.3. The number of amides is 1. The first-order valence-electron chi connectivity index (χ1n) is 11.7. The maximum atomic E-state index is 13.8. The third-order valence-electron chi connectivity index (χ3n) is 6.71. The number of aromatic nitrogens is 4. The van der Waals surface area contributed by atoms with Crippen molar-refractivity contribution < 1.29 is 9.90 Å². The number of hydrogen-bond donors (Lipinski definition) is 1. The maximum Gasteiger partial charge on any atom is 0.254 e. The van der Waals surface area contributed by atoms with Crippen LogP contribution < -0.4 is 4.90 Å². The molecule has 6 rings (SSSR count). The molecule has 1 aromatic carbocycles. The van der Waals surface area contributed by atoms with Crippen molar-refractivity contribution in [3.63, 3.8) is 0 Å². The summed E-state index contributed by atoms with van der Waals surface area (Å²) in [6.45, 7) is 4.43. The van der Waals surface area contributed by atoms with Crippen LogP contribution in [-0.2, 0) is 0 Å². The first kappa shape index (κ1) is 20.7. The van der Waals surface area contributed by atoms with E-state index in [-0.39, 0.29) is 11.7 Å². The molecular weight excluding hydrogens is 428 g/mol. The lowest BCUT2D eigenvalue weighted by Crippen LogP contribution is -2.48. The van der Waals surface area contributed by atoms with Gasteiger partial charge in [-0.25, -0.2) is 9.97 Å². The molecule has 4 aromatic rings. The Morgan fingerprint density at radius 3 is 2.50 bits per heavy atom. The van der Waals surface area contributed by atoms with E-state index in [2.05, 4.69) is 9.88 Å². The summed E-state index contributed by atoms with van der Waals surface area (Å²) < 4.78 is 1.75. The summed E-state index contributed by atoms with van der Waals surface area (Å²) in [5.41, 5.74) is 3.90. The van der Waals surface area contributed by atoms with Gasteiger partial charge in [-0.15, -0.1) is 0 Å². The number of carbonyl (C=O) groups excluding carboxylic acids is 1. The standard InChI is InChI=1S/C26H26N6O2/c1-17-24-19(26(34)31-14-12-30(13-15-31)21-6-2-3-7-22(21)33)16-20(18-9-10-18)28-25(24)32(29-17)23-8-4-5-11-27-23/h2-8,11,16,18,33H,9-10,12-15H2,1H3. The fraction of sp³-hybridized carbons (Fsp3) is 0.308. The predicted molar refractivity (Wildman–Crippen MR) is 130 cm³/mol. The van der Waals surface area contributed by atoms with Gasteiger partial charge in [0.05, 0.1) is 22.3 Å². The van der Waals surface area contributed by atoms with Gasteiger partial charge in [-0.05, 0) is 50.1 Å². The third kappa shape index (κ3) is 3.55. The van der Waals surface area contributed by atoms with Crippen LogP contribution in [0.15, 0.2) is 54.7 Å². The second-order valence-corrected chi connectivity index (χ2v) is 9.02. The van der Waals surface area contributed by atoms with E-state index in [1.165, 1.54) is 0 Å². The molecule has 34 heavy (non-hydrogen) atoms. The Hall–Kier alpha value is -3.94. The average Bonchev–Trinajstić information content (AvgIpc) is 3.68. The smallest absolute Gasteiger partial charge is 0.254 e. The van der Waals surface area contributed by atoms with Crippen molar-refractivity contribution in [3.05, 3.63) is 71.7 Å². The van der Waals surface area contributed by atoms with Gasteiger partial charge >= 0.3 is 0 Å². The van der Waals surface area contributed by atoms with Crippen LogP contribution in [0, 0.1) is 6.92 Å². The van der Waals surface area contributed by atoms with E-state index in [1.807, 2.05) is 54.3 Å². The average molecular weight is 455 g/mol. The Morgan fingerprint density at radius 1 is 1.03 bits per heavy atom. The Kier molecular flexibility index (Phi) is 4.94. The van der Waals surface area contributed by atoms with E-state index in [4.69, 9.17) is 10.1 Å². The lowest BCUT2D eigenvalue weighted by atomic mass is 10.1. The van der Waals surface area contributed by atoms with Crippen molar-refractivity contribution in [1.29, 1.82) is 0 Å². The molecule has 1 aliphatic heterocycles. The lowest BCUT2D eigenvalue weighted by Gasteiger charge is -2.36. The molecule has 2 aliphatic rings. The number of piperazine rings is 1. The van der Waals surface area contributed by atoms with Crippen LogP contribution in [0.2, 0.25) is 0 Å². The van der Waals surface area contributed by atoms with Gasteiger partial charge in [0.2, 0.25) is 0 Å². The van der Waals surface area contributed by atoms with Crippen molar-refractivity contribution in [2.45, 2.75) is 25.7 Å². The Morgan fingerprint density at radius 2 is 1.79 bits per heavy atom. The number of aromatic hydroxyl groups is 1. The van der Waals surface area contributed by atoms with Crippen LogP contribution in [-0.4, -0.2) is 61.8 Å². The minimum atomic E-state index is 0.00917. The number of anilines is 1. The molecule has 4 heterocycles. The van der Waals surface area contributed by atoms with E-state index in [1.54, 1.807) is 16.9 Å². The molecule has 8 nitrogen and oxygen atoms in total. The van der Waals surface area contributed by atoms with Gasteiger partial charge in [0.1, 0.15) is 5.75 Å². The second kappa shape index (κ2) is 8.13. The number of phenolic OH excluding ortho intramolecular Hbond substituents is 1. The molecule has 1 saturated heterocycles. The molecule has 8 heteroatoms. The van der Waals surface area contributed by atoms with Crippen molar-refractivity contribution in [2.75, 3.05) is 31.1 Å². The van der Waals surface area contributed by atoms with Crippen molar-refractivity contribution >= 4 is 22.6 Å². The van der Waals surface area contributed by atoms with Gasteiger partial charge in [0, 0.05) is 44.0 Å². The van der Waals surface area contributed by atoms with Gasteiger partial charge in [-0.3, -0.25) is 4.79 Å². The number of fused-ring (bicyclic) bond motifs is 1. The maximum absolute atomic E-state index is 13.8. The second-order valence-electron chi connectivity index (χ2n) is 9.02. The van der Waals surface area contributed by atoms with Crippen LogP contribution in [0.1, 0.15) is 40.5 Å². The molecule has 0 bridgehead atoms. The molecule has 0 unspecified atom stereocenters. The summed E-state index contributed by atoms with van der Waals surface area (Å²) >= 11 is 0. The molecule has 3 aromatic heterocycles. The van der Waals surface area contributed by atoms with Gasteiger partial charge in [-0.1, -0.05) is 18.2 Å². The highest BCUT2D eigenvalue weighted by Gasteiger charge is 2.31. The summed E-state index contributed by atoms with van der Waals surface area (Å²) in [6, 6.07) is 15.0. The summed E-state index contributed by atoms with van der Waals surface area (Å²) in [5.74, 6) is 1.37. The number of phenols is 1. The number of hydrogen-bond acceptors (Lipinski definition) is 6. The van der Waals surface area contributed by atoms with Crippen molar-refractivity contribution in [3.8, 4) is 11.6 Å². The number of carbonyl (C=O) groups is 1. The van der Waals surface area contributed by atoms with Crippen LogP contribution in [0.5, 0.6) is 5.75 Å².